The molecule has 0 aliphatic heterocycles. The number of nitrogens with one attached hydrogen (secondary N) is 1. The second-order valence-corrected chi connectivity index (χ2v) is 8.99. The Bertz CT molecular complexity index is 1560. The van der Waals surface area contributed by atoms with Gasteiger partial charge in [-0.2, -0.15) is 0 Å². The van der Waals surface area contributed by atoms with Crippen molar-refractivity contribution < 1.29 is 0 Å². The molecule has 0 spiro atoms. The largest absolute Gasteiger partial charge is 0.354 e. The van der Waals surface area contributed by atoms with Crippen LogP contribution < -0.4 is 5.32 Å². The Balaban J connectivity index is 1.42. The van der Waals surface area contributed by atoms with E-state index < -0.39 is 0 Å². The Morgan fingerprint density at radius 2 is 1.32 bits per heavy atom. The lowest BCUT2D eigenvalue weighted by Crippen LogP contribution is -1.90. The van der Waals surface area contributed by atoms with Gasteiger partial charge in [0.1, 0.15) is 0 Å². The van der Waals surface area contributed by atoms with Crippen LogP contribution in [0.25, 0.3) is 42.1 Å². The molecule has 148 valence electrons. The molecule has 0 amide bonds. The summed E-state index contributed by atoms with van der Waals surface area (Å²) < 4.78 is 2.66. The maximum absolute atomic E-state index is 3.66. The van der Waals surface area contributed by atoms with E-state index in [2.05, 4.69) is 115 Å². The average molecular weight is 416 g/mol. The van der Waals surface area contributed by atoms with E-state index in [0.29, 0.717) is 0 Å². The van der Waals surface area contributed by atoms with Gasteiger partial charge in [0.15, 0.2) is 0 Å². The van der Waals surface area contributed by atoms with Gasteiger partial charge in [0.05, 0.1) is 10.4 Å². The molecule has 1 heterocycles. The van der Waals surface area contributed by atoms with E-state index in [9.17, 15) is 0 Å². The third-order valence-corrected chi connectivity index (χ3v) is 7.30. The second-order valence-electron chi connectivity index (χ2n) is 7.96. The summed E-state index contributed by atoms with van der Waals surface area (Å²) >= 11 is 1.88. The van der Waals surface area contributed by atoms with Crippen LogP contribution in [0, 0.1) is 6.92 Å². The van der Waals surface area contributed by atoms with Crippen molar-refractivity contribution in [3.8, 4) is 11.1 Å². The molecule has 0 atom stereocenters. The van der Waals surface area contributed by atoms with Gasteiger partial charge < -0.3 is 5.32 Å². The molecule has 0 fully saturated rings. The lowest BCUT2D eigenvalue weighted by atomic mass is 10.0. The Hall–Kier alpha value is -3.62. The molecular weight excluding hydrogens is 394 g/mol. The van der Waals surface area contributed by atoms with Crippen LogP contribution in [0.15, 0.2) is 103 Å². The van der Waals surface area contributed by atoms with Crippen molar-refractivity contribution in [1.82, 2.24) is 0 Å². The molecule has 0 unspecified atom stereocenters. The number of rotatable bonds is 3. The van der Waals surface area contributed by atoms with Crippen LogP contribution >= 0.6 is 11.3 Å². The number of hydrogen-bond acceptors (Lipinski definition) is 2. The van der Waals surface area contributed by atoms with Gasteiger partial charge in [0, 0.05) is 21.2 Å². The van der Waals surface area contributed by atoms with Crippen LogP contribution in [-0.2, 0) is 0 Å². The monoisotopic (exact) mass is 415 g/mol. The van der Waals surface area contributed by atoms with E-state index in [1.165, 1.54) is 47.6 Å². The summed E-state index contributed by atoms with van der Waals surface area (Å²) in [5.41, 5.74) is 6.09. The lowest BCUT2D eigenvalue weighted by molar-refractivity contribution is 1.46. The molecule has 0 radical (unpaired) electrons. The van der Waals surface area contributed by atoms with Gasteiger partial charge in [-0.25, -0.2) is 0 Å². The third kappa shape index (κ3) is 3.08. The molecule has 1 N–H and O–H groups in total. The summed E-state index contributed by atoms with van der Waals surface area (Å²) in [6.45, 7) is 2.16. The Morgan fingerprint density at radius 1 is 0.581 bits per heavy atom. The molecule has 0 aliphatic rings. The van der Waals surface area contributed by atoms with Crippen molar-refractivity contribution in [1.29, 1.82) is 0 Å². The van der Waals surface area contributed by atoms with Crippen molar-refractivity contribution in [3.63, 3.8) is 0 Å². The van der Waals surface area contributed by atoms with Crippen LogP contribution in [0.2, 0.25) is 0 Å². The molecule has 0 aliphatic carbocycles. The molecule has 6 aromatic rings. The highest BCUT2D eigenvalue weighted by molar-refractivity contribution is 7.27. The van der Waals surface area contributed by atoms with Gasteiger partial charge >= 0.3 is 0 Å². The summed E-state index contributed by atoms with van der Waals surface area (Å²) in [7, 11) is 0. The van der Waals surface area contributed by atoms with Gasteiger partial charge in [0.25, 0.3) is 0 Å². The van der Waals surface area contributed by atoms with E-state index >= 15 is 0 Å². The SMILES string of the molecule is Cc1ccccc1-c1ccc(Nc2cccc3c2sc2c4ccccc4ccc32)cc1. The Labute approximate surface area is 185 Å². The summed E-state index contributed by atoms with van der Waals surface area (Å²) in [4.78, 5) is 0. The Kier molecular flexibility index (Phi) is 4.26. The lowest BCUT2D eigenvalue weighted by Gasteiger charge is -2.10. The molecule has 1 nitrogen and oxygen atoms in total. The maximum atomic E-state index is 3.66. The van der Waals surface area contributed by atoms with Crippen molar-refractivity contribution in [2.75, 3.05) is 5.32 Å². The molecule has 31 heavy (non-hydrogen) atoms. The van der Waals surface area contributed by atoms with Gasteiger partial charge in [-0.3, -0.25) is 0 Å². The van der Waals surface area contributed by atoms with Crippen LogP contribution in [0.3, 0.4) is 0 Å². The van der Waals surface area contributed by atoms with Gasteiger partial charge in [-0.1, -0.05) is 84.9 Å². The van der Waals surface area contributed by atoms with Crippen molar-refractivity contribution >= 4 is 53.7 Å². The number of fused-ring (bicyclic) bond motifs is 5. The Morgan fingerprint density at radius 3 is 2.19 bits per heavy atom. The van der Waals surface area contributed by atoms with E-state index in [-0.39, 0.29) is 0 Å². The van der Waals surface area contributed by atoms with Crippen LogP contribution in [-0.4, -0.2) is 0 Å². The van der Waals surface area contributed by atoms with Crippen molar-refractivity contribution in [2.45, 2.75) is 6.92 Å². The molecular formula is C29H21NS. The van der Waals surface area contributed by atoms with Crippen molar-refractivity contribution in [2.24, 2.45) is 0 Å². The minimum Gasteiger partial charge on any atom is -0.354 e. The average Bonchev–Trinajstić information content (AvgIpc) is 3.20. The number of thiophene rings is 1. The van der Waals surface area contributed by atoms with Crippen molar-refractivity contribution in [3.05, 3.63) is 109 Å². The van der Waals surface area contributed by atoms with E-state index in [1.54, 1.807) is 0 Å². The fourth-order valence-corrected chi connectivity index (χ4v) is 5.71. The second kappa shape index (κ2) is 7.26. The summed E-state index contributed by atoms with van der Waals surface area (Å²) in [5, 5.41) is 8.93. The first-order chi connectivity index (χ1) is 15.3. The van der Waals surface area contributed by atoms with Gasteiger partial charge in [-0.15, -0.1) is 11.3 Å². The molecule has 0 bridgehead atoms. The fraction of sp³-hybridized carbons (Fsp3) is 0.0345. The standard InChI is InChI=1S/C29H21NS/c1-19-7-2-4-9-23(19)21-13-16-22(17-14-21)30-27-12-6-11-25-26-18-15-20-8-3-5-10-24(20)28(26)31-29(25)27/h2-18,30H,1H3. The summed E-state index contributed by atoms with van der Waals surface area (Å²) in [6.07, 6.45) is 0. The highest BCUT2D eigenvalue weighted by atomic mass is 32.1. The number of benzene rings is 5. The summed E-state index contributed by atoms with van der Waals surface area (Å²) in [5.74, 6) is 0. The van der Waals surface area contributed by atoms with Crippen LogP contribution in [0.1, 0.15) is 5.56 Å². The van der Waals surface area contributed by atoms with Gasteiger partial charge in [0.2, 0.25) is 0 Å². The number of aryl methyl sites for hydroxylation is 1. The zero-order valence-corrected chi connectivity index (χ0v) is 18.0. The summed E-state index contributed by atoms with van der Waals surface area (Å²) in [6, 6.07) is 37.0. The predicted octanol–water partition coefficient (Wildman–Crippen LogP) is 8.93. The molecule has 6 rings (SSSR count). The topological polar surface area (TPSA) is 12.0 Å². The molecule has 0 saturated carbocycles. The van der Waals surface area contributed by atoms with E-state index in [4.69, 9.17) is 0 Å². The minimum atomic E-state index is 1.10. The minimum absolute atomic E-state index is 1.10. The molecule has 5 aromatic carbocycles. The normalized spacial score (nSPS) is 11.4. The number of hydrogen-bond donors (Lipinski definition) is 1. The molecule has 2 heteroatoms. The quantitative estimate of drug-likeness (QED) is 0.304. The first kappa shape index (κ1) is 18.2. The first-order valence-corrected chi connectivity index (χ1v) is 11.4. The molecule has 1 aromatic heterocycles. The smallest absolute Gasteiger partial charge is 0.0590 e. The van der Waals surface area contributed by atoms with Crippen LogP contribution in [0.4, 0.5) is 11.4 Å². The van der Waals surface area contributed by atoms with E-state index in [0.717, 1.165) is 11.4 Å². The van der Waals surface area contributed by atoms with E-state index in [1.807, 2.05) is 11.3 Å². The van der Waals surface area contributed by atoms with Crippen LogP contribution in [0.5, 0.6) is 0 Å². The van der Waals surface area contributed by atoms with Gasteiger partial charge in [-0.05, 0) is 52.6 Å². The highest BCUT2D eigenvalue weighted by Crippen LogP contribution is 2.42. The zero-order chi connectivity index (χ0) is 20.8. The maximum Gasteiger partial charge on any atom is 0.0590 e. The third-order valence-electron chi connectivity index (χ3n) is 6.01. The predicted molar refractivity (Wildman–Crippen MR) is 137 cm³/mol. The number of anilines is 2. The fourth-order valence-electron chi connectivity index (χ4n) is 4.41. The molecule has 0 saturated heterocycles. The first-order valence-electron chi connectivity index (χ1n) is 10.5. The highest BCUT2D eigenvalue weighted by Gasteiger charge is 2.11. The zero-order valence-electron chi connectivity index (χ0n) is 17.2.